The van der Waals surface area contributed by atoms with Gasteiger partial charge in [-0.2, -0.15) is 0 Å². The number of carboxylic acids is 1. The van der Waals surface area contributed by atoms with Crippen molar-refractivity contribution < 1.29 is 18.7 Å². The van der Waals surface area contributed by atoms with Crippen LogP contribution in [0.5, 0.6) is 0 Å². The van der Waals surface area contributed by atoms with Crippen LogP contribution in [0.1, 0.15) is 30.1 Å². The third-order valence-corrected chi connectivity index (χ3v) is 5.72. The summed E-state index contributed by atoms with van der Waals surface area (Å²) in [5, 5.41) is 12.4. The van der Waals surface area contributed by atoms with Gasteiger partial charge in [-0.05, 0) is 38.3 Å². The highest BCUT2D eigenvalue weighted by Gasteiger charge is 2.37. The van der Waals surface area contributed by atoms with Gasteiger partial charge >= 0.3 is 5.97 Å². The predicted octanol–water partition coefficient (Wildman–Crippen LogP) is 2.19. The fraction of sp³-hybridized carbons (Fsp3) is 0.474. The van der Waals surface area contributed by atoms with E-state index in [9.17, 15) is 19.1 Å². The Morgan fingerprint density at radius 3 is 2.81 bits per heavy atom. The van der Waals surface area contributed by atoms with Gasteiger partial charge in [0.05, 0.1) is 10.9 Å². The maximum absolute atomic E-state index is 15.4. The molecule has 0 spiro atoms. The lowest BCUT2D eigenvalue weighted by atomic mass is 9.94. The van der Waals surface area contributed by atoms with Crippen LogP contribution in [0.3, 0.4) is 0 Å². The van der Waals surface area contributed by atoms with E-state index in [2.05, 4.69) is 5.32 Å². The fourth-order valence-corrected chi connectivity index (χ4v) is 4.40. The van der Waals surface area contributed by atoms with Crippen LogP contribution in [0, 0.1) is 17.6 Å². The zero-order valence-electron chi connectivity index (χ0n) is 15.0. The topological polar surface area (TPSA) is 74.6 Å². The number of piperidine rings is 1. The number of hydrogen-bond donors (Lipinski definition) is 2. The van der Waals surface area contributed by atoms with Crippen LogP contribution in [0.25, 0.3) is 10.9 Å². The summed E-state index contributed by atoms with van der Waals surface area (Å²) in [6, 6.07) is 1.18. The molecule has 0 amide bonds. The van der Waals surface area contributed by atoms with Crippen molar-refractivity contribution in [3.63, 3.8) is 0 Å². The normalized spacial score (nSPS) is 22.3. The van der Waals surface area contributed by atoms with Crippen LogP contribution in [-0.2, 0) is 6.54 Å². The summed E-state index contributed by atoms with van der Waals surface area (Å²) in [6.07, 6.45) is 3.20. The van der Waals surface area contributed by atoms with E-state index in [1.807, 2.05) is 0 Å². The molecule has 1 aromatic heterocycles. The number of aromatic nitrogens is 1. The van der Waals surface area contributed by atoms with Gasteiger partial charge in [0.2, 0.25) is 5.43 Å². The second kappa shape index (κ2) is 6.60. The van der Waals surface area contributed by atoms with Crippen LogP contribution in [0.4, 0.5) is 14.5 Å². The van der Waals surface area contributed by atoms with Gasteiger partial charge in [-0.3, -0.25) is 4.79 Å². The first-order valence-corrected chi connectivity index (χ1v) is 9.19. The Morgan fingerprint density at radius 1 is 1.37 bits per heavy atom. The molecule has 0 saturated carbocycles. The van der Waals surface area contributed by atoms with E-state index in [-0.39, 0.29) is 29.2 Å². The molecule has 2 atom stereocenters. The van der Waals surface area contributed by atoms with Crippen LogP contribution in [-0.4, -0.2) is 41.3 Å². The number of nitrogens with zero attached hydrogens (tertiary/aromatic N) is 2. The summed E-state index contributed by atoms with van der Waals surface area (Å²) in [6.45, 7) is 3.94. The molecule has 2 fully saturated rings. The smallest absolute Gasteiger partial charge is 0.341 e. The van der Waals surface area contributed by atoms with E-state index < -0.39 is 28.6 Å². The monoisotopic (exact) mass is 377 g/mol. The Balaban J connectivity index is 1.90. The number of rotatable bonds is 3. The highest BCUT2D eigenvalue weighted by Crippen LogP contribution is 2.35. The SMILES string of the molecule is CCn1cc(C(=O)O)c(=O)c2cc(F)c(N3C[C@@H]4CCCN[C@@H]4C3)c(F)c21. The van der Waals surface area contributed by atoms with E-state index in [1.54, 1.807) is 11.8 Å². The standard InChI is InChI=1S/C19H21F2N3O3/c1-2-23-8-12(19(26)27)18(25)11-6-13(20)17(15(21)16(11)23)24-7-10-4-3-5-22-14(10)9-24/h6,8,10,14,22H,2-5,7,9H2,1H3,(H,26,27)/t10-,14+/m0/s1. The number of halogens is 2. The third-order valence-electron chi connectivity index (χ3n) is 5.72. The van der Waals surface area contributed by atoms with Crippen LogP contribution in [0.15, 0.2) is 17.1 Å². The summed E-state index contributed by atoms with van der Waals surface area (Å²) in [5.74, 6) is -2.71. The fourth-order valence-electron chi connectivity index (χ4n) is 4.40. The van der Waals surface area contributed by atoms with Crippen LogP contribution < -0.4 is 15.6 Å². The minimum Gasteiger partial charge on any atom is -0.477 e. The van der Waals surface area contributed by atoms with Gasteiger partial charge in [-0.1, -0.05) is 0 Å². The van der Waals surface area contributed by atoms with Gasteiger partial charge in [0.15, 0.2) is 5.82 Å². The maximum Gasteiger partial charge on any atom is 0.341 e. The number of carbonyl (C=O) groups is 1. The minimum atomic E-state index is -1.41. The van der Waals surface area contributed by atoms with Gasteiger partial charge in [-0.15, -0.1) is 0 Å². The van der Waals surface area contributed by atoms with E-state index in [4.69, 9.17) is 0 Å². The van der Waals surface area contributed by atoms with Gasteiger partial charge < -0.3 is 19.9 Å². The summed E-state index contributed by atoms with van der Waals surface area (Å²) < 4.78 is 31.6. The lowest BCUT2D eigenvalue weighted by molar-refractivity contribution is 0.0695. The summed E-state index contributed by atoms with van der Waals surface area (Å²) in [4.78, 5) is 25.4. The van der Waals surface area contributed by atoms with Crippen molar-refractivity contribution in [1.29, 1.82) is 0 Å². The molecule has 2 aliphatic rings. The maximum atomic E-state index is 15.4. The first-order chi connectivity index (χ1) is 12.9. The summed E-state index contributed by atoms with van der Waals surface area (Å²) in [7, 11) is 0. The van der Waals surface area contributed by atoms with E-state index in [0.717, 1.165) is 31.6 Å². The molecule has 2 aliphatic heterocycles. The number of fused-ring (bicyclic) bond motifs is 2. The highest BCUT2D eigenvalue weighted by atomic mass is 19.1. The number of pyridine rings is 1. The molecule has 2 N–H and O–H groups in total. The van der Waals surface area contributed by atoms with Crippen molar-refractivity contribution in [2.45, 2.75) is 32.4 Å². The molecule has 0 unspecified atom stereocenters. The van der Waals surface area contributed by atoms with Crippen LogP contribution in [0.2, 0.25) is 0 Å². The quantitative estimate of drug-likeness (QED) is 0.858. The number of carboxylic acid groups (broad SMARTS) is 1. The van der Waals surface area contributed by atoms with Crippen molar-refractivity contribution in [1.82, 2.24) is 9.88 Å². The second-order valence-electron chi connectivity index (χ2n) is 7.25. The molecule has 4 rings (SSSR count). The van der Waals surface area contributed by atoms with Crippen molar-refractivity contribution in [3.8, 4) is 0 Å². The number of nitrogens with one attached hydrogen (secondary N) is 1. The average molecular weight is 377 g/mol. The molecule has 27 heavy (non-hydrogen) atoms. The molecule has 0 bridgehead atoms. The number of hydrogen-bond acceptors (Lipinski definition) is 4. The molecule has 0 radical (unpaired) electrons. The third kappa shape index (κ3) is 2.79. The van der Waals surface area contributed by atoms with Gasteiger partial charge in [0.1, 0.15) is 17.1 Å². The van der Waals surface area contributed by atoms with Gasteiger partial charge in [0, 0.05) is 31.9 Å². The molecule has 3 heterocycles. The zero-order valence-corrected chi connectivity index (χ0v) is 15.0. The first kappa shape index (κ1) is 17.9. The van der Waals surface area contributed by atoms with Crippen molar-refractivity contribution in [3.05, 3.63) is 39.7 Å². The molecule has 2 aromatic rings. The number of benzene rings is 1. The van der Waals surface area contributed by atoms with Gasteiger partial charge in [0.25, 0.3) is 0 Å². The van der Waals surface area contributed by atoms with Crippen molar-refractivity contribution in [2.75, 3.05) is 24.5 Å². The lowest BCUT2D eigenvalue weighted by Crippen LogP contribution is -2.40. The van der Waals surface area contributed by atoms with Crippen molar-refractivity contribution >= 4 is 22.6 Å². The molecular weight excluding hydrogens is 356 g/mol. The number of aromatic carboxylic acids is 1. The van der Waals surface area contributed by atoms with Gasteiger partial charge in [-0.25, -0.2) is 13.6 Å². The predicted molar refractivity (Wildman–Crippen MR) is 97.5 cm³/mol. The Morgan fingerprint density at radius 2 is 2.15 bits per heavy atom. The Kier molecular flexibility index (Phi) is 4.38. The number of aryl methyl sites for hydroxylation is 1. The largest absolute Gasteiger partial charge is 0.477 e. The second-order valence-corrected chi connectivity index (χ2v) is 7.25. The van der Waals surface area contributed by atoms with E-state index >= 15 is 4.39 Å². The Bertz CT molecular complexity index is 975. The minimum absolute atomic E-state index is 0.0493. The van der Waals surface area contributed by atoms with E-state index in [1.165, 1.54) is 4.57 Å². The summed E-state index contributed by atoms with van der Waals surface area (Å²) >= 11 is 0. The summed E-state index contributed by atoms with van der Waals surface area (Å²) in [5.41, 5.74) is -1.55. The zero-order chi connectivity index (χ0) is 19.3. The number of anilines is 1. The van der Waals surface area contributed by atoms with Crippen molar-refractivity contribution in [2.24, 2.45) is 5.92 Å². The molecule has 6 nitrogen and oxygen atoms in total. The highest BCUT2D eigenvalue weighted by molar-refractivity contribution is 5.93. The molecule has 144 valence electrons. The van der Waals surface area contributed by atoms with Crippen LogP contribution >= 0.6 is 0 Å². The lowest BCUT2D eigenvalue weighted by Gasteiger charge is -2.24. The Hall–Kier alpha value is -2.48. The molecular formula is C19H21F2N3O3. The first-order valence-electron chi connectivity index (χ1n) is 9.19. The molecule has 1 aromatic carbocycles. The molecule has 0 aliphatic carbocycles. The molecule has 8 heteroatoms. The van der Waals surface area contributed by atoms with E-state index in [0.29, 0.717) is 19.0 Å². The Labute approximate surface area is 154 Å². The molecule has 2 saturated heterocycles. The average Bonchev–Trinajstić information content (AvgIpc) is 3.05.